The van der Waals surface area contributed by atoms with Crippen LogP contribution in [-0.4, -0.2) is 21.8 Å². The van der Waals surface area contributed by atoms with Crippen molar-refractivity contribution in [2.75, 3.05) is 7.05 Å². The van der Waals surface area contributed by atoms with Gasteiger partial charge in [0.2, 0.25) is 0 Å². The van der Waals surface area contributed by atoms with Gasteiger partial charge in [0.05, 0.1) is 13.1 Å². The van der Waals surface area contributed by atoms with Gasteiger partial charge in [-0.1, -0.05) is 6.07 Å². The van der Waals surface area contributed by atoms with Crippen LogP contribution in [-0.2, 0) is 13.1 Å². The summed E-state index contributed by atoms with van der Waals surface area (Å²) < 4.78 is 28.2. The summed E-state index contributed by atoms with van der Waals surface area (Å²) in [4.78, 5) is 4.01. The van der Waals surface area contributed by atoms with Gasteiger partial charge in [0, 0.05) is 5.56 Å². The molecule has 0 saturated carbocycles. The van der Waals surface area contributed by atoms with Crippen LogP contribution in [0.25, 0.3) is 0 Å². The molecule has 4 nitrogen and oxygen atoms in total. The van der Waals surface area contributed by atoms with Gasteiger partial charge in [0.1, 0.15) is 18.0 Å². The molecule has 6 heteroatoms. The van der Waals surface area contributed by atoms with E-state index < -0.39 is 11.6 Å². The fourth-order valence-corrected chi connectivity index (χ4v) is 1.49. The number of nitrogens with one attached hydrogen (secondary N) is 1. The number of halogens is 2. The first-order chi connectivity index (χ1) is 8.20. The minimum Gasteiger partial charge on any atom is -0.313 e. The summed E-state index contributed by atoms with van der Waals surface area (Å²) in [7, 11) is 1.78. The van der Waals surface area contributed by atoms with Crippen molar-refractivity contribution in [1.82, 2.24) is 20.1 Å². The molecule has 0 atom stereocenters. The number of nitrogens with zero attached hydrogens (tertiary/aromatic N) is 3. The quantitative estimate of drug-likeness (QED) is 0.873. The first-order valence-corrected chi connectivity index (χ1v) is 5.16. The van der Waals surface area contributed by atoms with E-state index in [4.69, 9.17) is 0 Å². The lowest BCUT2D eigenvalue weighted by molar-refractivity contribution is 0.530. The summed E-state index contributed by atoms with van der Waals surface area (Å²) in [6, 6.07) is 3.79. The average molecular weight is 238 g/mol. The van der Waals surface area contributed by atoms with Gasteiger partial charge in [-0.3, -0.25) is 0 Å². The maximum Gasteiger partial charge on any atom is 0.164 e. The SMILES string of the molecule is CNCc1ncn(Cc2c(F)cccc2F)n1. The van der Waals surface area contributed by atoms with Crippen LogP contribution in [0.5, 0.6) is 0 Å². The summed E-state index contributed by atoms with van der Waals surface area (Å²) in [6.45, 7) is 0.558. The molecule has 1 N–H and O–H groups in total. The number of hydrogen-bond acceptors (Lipinski definition) is 3. The van der Waals surface area contributed by atoms with Crippen molar-refractivity contribution in [2.24, 2.45) is 0 Å². The number of hydrogen-bond donors (Lipinski definition) is 1. The molecule has 1 aromatic carbocycles. The molecule has 0 aliphatic rings. The standard InChI is InChI=1S/C11H12F2N4/c1-14-5-11-15-7-17(16-11)6-8-9(12)3-2-4-10(8)13/h2-4,7,14H,5-6H2,1H3. The monoisotopic (exact) mass is 238 g/mol. The van der Waals surface area contributed by atoms with Crippen molar-refractivity contribution in [3.63, 3.8) is 0 Å². The fraction of sp³-hybridized carbons (Fsp3) is 0.273. The second kappa shape index (κ2) is 5.01. The zero-order valence-corrected chi connectivity index (χ0v) is 9.32. The van der Waals surface area contributed by atoms with E-state index in [9.17, 15) is 8.78 Å². The maximum absolute atomic E-state index is 13.4. The molecule has 90 valence electrons. The predicted molar refractivity (Wildman–Crippen MR) is 58.2 cm³/mol. The van der Waals surface area contributed by atoms with Gasteiger partial charge in [-0.15, -0.1) is 0 Å². The Labute approximate surface area is 97.3 Å². The minimum atomic E-state index is -0.573. The minimum absolute atomic E-state index is 0.00610. The van der Waals surface area contributed by atoms with E-state index in [1.165, 1.54) is 29.2 Å². The molecule has 0 spiro atoms. The van der Waals surface area contributed by atoms with E-state index in [-0.39, 0.29) is 12.1 Å². The van der Waals surface area contributed by atoms with Crippen molar-refractivity contribution < 1.29 is 8.78 Å². The van der Waals surface area contributed by atoms with Gasteiger partial charge >= 0.3 is 0 Å². The maximum atomic E-state index is 13.4. The van der Waals surface area contributed by atoms with Gasteiger partial charge in [0.25, 0.3) is 0 Å². The molecule has 2 rings (SSSR count). The molecule has 2 aromatic rings. The van der Waals surface area contributed by atoms with E-state index in [2.05, 4.69) is 15.4 Å². The number of benzene rings is 1. The highest BCUT2D eigenvalue weighted by Crippen LogP contribution is 2.12. The summed E-state index contributed by atoms with van der Waals surface area (Å²) in [5, 5.41) is 6.98. The van der Waals surface area contributed by atoms with Crippen LogP contribution < -0.4 is 5.32 Å². The lowest BCUT2D eigenvalue weighted by Gasteiger charge is -2.04. The van der Waals surface area contributed by atoms with E-state index in [0.29, 0.717) is 12.4 Å². The van der Waals surface area contributed by atoms with Gasteiger partial charge in [-0.25, -0.2) is 18.4 Å². The Morgan fingerprint density at radius 2 is 2.00 bits per heavy atom. The largest absolute Gasteiger partial charge is 0.313 e. The van der Waals surface area contributed by atoms with Crippen LogP contribution in [0.1, 0.15) is 11.4 Å². The van der Waals surface area contributed by atoms with E-state index in [1.54, 1.807) is 7.05 Å². The first-order valence-electron chi connectivity index (χ1n) is 5.16. The molecule has 0 unspecified atom stereocenters. The number of aromatic nitrogens is 3. The lowest BCUT2D eigenvalue weighted by atomic mass is 10.2. The van der Waals surface area contributed by atoms with E-state index in [1.807, 2.05) is 0 Å². The Kier molecular flexibility index (Phi) is 3.43. The average Bonchev–Trinajstić information content (AvgIpc) is 2.72. The Balaban J connectivity index is 2.19. The summed E-state index contributed by atoms with van der Waals surface area (Å²) in [5.74, 6) is -0.560. The number of rotatable bonds is 4. The van der Waals surface area contributed by atoms with Crippen LogP contribution in [0, 0.1) is 11.6 Å². The third kappa shape index (κ3) is 2.65. The third-order valence-corrected chi connectivity index (χ3v) is 2.30. The highest BCUT2D eigenvalue weighted by Gasteiger charge is 2.10. The molecular weight excluding hydrogens is 226 g/mol. The Morgan fingerprint density at radius 3 is 2.65 bits per heavy atom. The zero-order chi connectivity index (χ0) is 12.3. The molecule has 0 fully saturated rings. The molecular formula is C11H12F2N4. The highest BCUT2D eigenvalue weighted by atomic mass is 19.1. The van der Waals surface area contributed by atoms with Crippen LogP contribution in [0.15, 0.2) is 24.5 Å². The molecule has 0 bridgehead atoms. The van der Waals surface area contributed by atoms with Crippen molar-refractivity contribution in [1.29, 1.82) is 0 Å². The zero-order valence-electron chi connectivity index (χ0n) is 9.32. The molecule has 1 aromatic heterocycles. The van der Waals surface area contributed by atoms with E-state index >= 15 is 0 Å². The third-order valence-electron chi connectivity index (χ3n) is 2.30. The molecule has 17 heavy (non-hydrogen) atoms. The van der Waals surface area contributed by atoms with Crippen LogP contribution in [0.2, 0.25) is 0 Å². The smallest absolute Gasteiger partial charge is 0.164 e. The normalized spacial score (nSPS) is 10.8. The summed E-state index contributed by atoms with van der Waals surface area (Å²) in [5.41, 5.74) is -0.00610. The van der Waals surface area contributed by atoms with Gasteiger partial charge in [0.15, 0.2) is 5.82 Å². The van der Waals surface area contributed by atoms with Crippen molar-refractivity contribution in [2.45, 2.75) is 13.1 Å². The molecule has 0 radical (unpaired) electrons. The molecule has 1 heterocycles. The van der Waals surface area contributed by atoms with Gasteiger partial charge < -0.3 is 5.32 Å². The second-order valence-corrected chi connectivity index (χ2v) is 3.59. The predicted octanol–water partition coefficient (Wildman–Crippen LogP) is 1.32. The van der Waals surface area contributed by atoms with Gasteiger partial charge in [-0.2, -0.15) is 5.10 Å². The Bertz CT molecular complexity index is 490. The Morgan fingerprint density at radius 1 is 1.29 bits per heavy atom. The van der Waals surface area contributed by atoms with Crippen LogP contribution in [0.4, 0.5) is 8.78 Å². The van der Waals surface area contributed by atoms with Crippen LogP contribution >= 0.6 is 0 Å². The van der Waals surface area contributed by atoms with Crippen molar-refractivity contribution >= 4 is 0 Å². The van der Waals surface area contributed by atoms with E-state index in [0.717, 1.165) is 0 Å². The van der Waals surface area contributed by atoms with Crippen molar-refractivity contribution in [3.05, 3.63) is 47.5 Å². The fourth-order valence-electron chi connectivity index (χ4n) is 1.49. The molecule has 0 saturated heterocycles. The lowest BCUT2D eigenvalue weighted by Crippen LogP contribution is -2.09. The Hall–Kier alpha value is -1.82. The summed E-state index contributed by atoms with van der Waals surface area (Å²) in [6.07, 6.45) is 1.46. The van der Waals surface area contributed by atoms with Gasteiger partial charge in [-0.05, 0) is 19.2 Å². The topological polar surface area (TPSA) is 42.7 Å². The second-order valence-electron chi connectivity index (χ2n) is 3.59. The molecule has 0 aliphatic carbocycles. The van der Waals surface area contributed by atoms with Crippen LogP contribution in [0.3, 0.4) is 0 Å². The molecule has 0 amide bonds. The first kappa shape index (κ1) is 11.7. The summed E-state index contributed by atoms with van der Waals surface area (Å²) >= 11 is 0. The highest BCUT2D eigenvalue weighted by molar-refractivity contribution is 5.19. The molecule has 0 aliphatic heterocycles. The van der Waals surface area contributed by atoms with Crippen molar-refractivity contribution in [3.8, 4) is 0 Å².